The minimum atomic E-state index is -0.718. The van der Waals surface area contributed by atoms with Gasteiger partial charge in [0.25, 0.3) is 11.8 Å². The lowest BCUT2D eigenvalue weighted by molar-refractivity contribution is -0.121. The van der Waals surface area contributed by atoms with Crippen molar-refractivity contribution in [1.82, 2.24) is 9.62 Å². The van der Waals surface area contributed by atoms with Crippen molar-refractivity contribution in [1.29, 1.82) is 0 Å². The van der Waals surface area contributed by atoms with Gasteiger partial charge in [0.15, 0.2) is 5.17 Å². The van der Waals surface area contributed by atoms with E-state index < -0.39 is 6.04 Å². The van der Waals surface area contributed by atoms with Gasteiger partial charge in [-0.05, 0) is 29.6 Å². The van der Waals surface area contributed by atoms with E-state index in [0.29, 0.717) is 10.7 Å². The molecule has 2 aliphatic heterocycles. The highest BCUT2D eigenvalue weighted by Gasteiger charge is 2.43. The Morgan fingerprint density at radius 2 is 1.76 bits per heavy atom. The highest BCUT2D eigenvalue weighted by molar-refractivity contribution is 8.27. The summed E-state index contributed by atoms with van der Waals surface area (Å²) in [6.07, 6.45) is 0. The molecule has 0 radical (unpaired) electrons. The molecule has 2 heterocycles. The van der Waals surface area contributed by atoms with Crippen LogP contribution in [0.2, 0.25) is 0 Å². The molecule has 1 N–H and O–H groups in total. The van der Waals surface area contributed by atoms with Crippen LogP contribution in [0.25, 0.3) is 0 Å². The summed E-state index contributed by atoms with van der Waals surface area (Å²) < 4.78 is 2.04. The average Bonchev–Trinajstić information content (AvgIpc) is 3.11. The first-order valence-electron chi connectivity index (χ1n) is 7.82. The fourth-order valence-corrected chi connectivity index (χ4v) is 5.26. The third-order valence-electron chi connectivity index (χ3n) is 4.07. The molecule has 0 bridgehead atoms. The Morgan fingerprint density at radius 3 is 2.48 bits per heavy atom. The maximum atomic E-state index is 12.6. The molecule has 2 atom stereocenters. The average molecular weight is 369 g/mol. The van der Waals surface area contributed by atoms with Crippen LogP contribution >= 0.6 is 23.7 Å². The molecule has 0 saturated carbocycles. The molecule has 2 amide bonds. The number of nitrogens with zero attached hydrogens (tertiary/aromatic N) is 2. The van der Waals surface area contributed by atoms with Crippen molar-refractivity contribution in [3.63, 3.8) is 0 Å². The number of rotatable bonds is 3. The standard InChI is InChI=1S/C18H15N3O2S2/c22-16(13-9-5-2-6-10-13)19-14-15(12-7-3-1-4-8-12)21-18(20-17(14)23)24-11-25-21/h1-10,14-15H,11H2,(H,19,22)/t14-,15+/m0/s1. The number of carbonyl (C=O) groups is 2. The smallest absolute Gasteiger partial charge is 0.273 e. The number of benzene rings is 2. The van der Waals surface area contributed by atoms with Crippen molar-refractivity contribution < 1.29 is 9.59 Å². The first-order valence-corrected chi connectivity index (χ1v) is 9.75. The third kappa shape index (κ3) is 3.17. The van der Waals surface area contributed by atoms with E-state index in [1.807, 2.05) is 40.7 Å². The van der Waals surface area contributed by atoms with E-state index in [1.165, 1.54) is 0 Å². The second kappa shape index (κ2) is 6.93. The Kier molecular flexibility index (Phi) is 4.50. The van der Waals surface area contributed by atoms with E-state index >= 15 is 0 Å². The van der Waals surface area contributed by atoms with Crippen LogP contribution in [0.5, 0.6) is 0 Å². The zero-order valence-corrected chi connectivity index (χ0v) is 14.8. The van der Waals surface area contributed by atoms with Crippen molar-refractivity contribution in [2.45, 2.75) is 12.1 Å². The SMILES string of the molecule is O=C(N[C@@H]1C(=O)N=C2SCSN2[C@@H]1c1ccccc1)c1ccccc1. The molecular weight excluding hydrogens is 354 g/mol. The van der Waals surface area contributed by atoms with Crippen molar-refractivity contribution in [2.24, 2.45) is 4.99 Å². The fraction of sp³-hybridized carbons (Fsp3) is 0.167. The lowest BCUT2D eigenvalue weighted by atomic mass is 9.97. The van der Waals surface area contributed by atoms with Crippen LogP contribution < -0.4 is 5.32 Å². The highest BCUT2D eigenvalue weighted by Crippen LogP contribution is 2.43. The molecule has 4 rings (SSSR count). The molecule has 126 valence electrons. The molecule has 7 heteroatoms. The molecule has 0 aromatic heterocycles. The van der Waals surface area contributed by atoms with Gasteiger partial charge in [-0.15, -0.1) is 0 Å². The number of carbonyl (C=O) groups excluding carboxylic acids is 2. The van der Waals surface area contributed by atoms with Crippen LogP contribution in [-0.2, 0) is 4.79 Å². The number of nitrogens with one attached hydrogen (secondary N) is 1. The lowest BCUT2D eigenvalue weighted by Gasteiger charge is -2.36. The van der Waals surface area contributed by atoms with Crippen LogP contribution in [0.4, 0.5) is 0 Å². The second-order valence-corrected chi connectivity index (χ2v) is 7.87. The van der Waals surface area contributed by atoms with Gasteiger partial charge in [-0.25, -0.2) is 0 Å². The molecule has 2 aromatic carbocycles. The topological polar surface area (TPSA) is 61.8 Å². The maximum absolute atomic E-state index is 12.6. The summed E-state index contributed by atoms with van der Waals surface area (Å²) in [5.74, 6) is -0.574. The van der Waals surface area contributed by atoms with Gasteiger partial charge < -0.3 is 5.32 Å². The van der Waals surface area contributed by atoms with E-state index in [9.17, 15) is 9.59 Å². The summed E-state index contributed by atoms with van der Waals surface area (Å²) in [6.45, 7) is 0. The van der Waals surface area contributed by atoms with Crippen LogP contribution in [0.15, 0.2) is 65.7 Å². The van der Waals surface area contributed by atoms with Gasteiger partial charge in [0, 0.05) is 5.56 Å². The predicted octanol–water partition coefficient (Wildman–Crippen LogP) is 3.08. The number of hydrogen-bond acceptors (Lipinski definition) is 5. The Bertz CT molecular complexity index is 827. The monoisotopic (exact) mass is 369 g/mol. The van der Waals surface area contributed by atoms with Crippen molar-refractivity contribution in [3.05, 3.63) is 71.8 Å². The van der Waals surface area contributed by atoms with E-state index in [0.717, 1.165) is 10.6 Å². The summed E-state index contributed by atoms with van der Waals surface area (Å²) in [5.41, 5.74) is 1.51. The predicted molar refractivity (Wildman–Crippen MR) is 101 cm³/mol. The van der Waals surface area contributed by atoms with Crippen molar-refractivity contribution in [3.8, 4) is 0 Å². The molecule has 5 nitrogen and oxygen atoms in total. The summed E-state index contributed by atoms with van der Waals surface area (Å²) in [5, 5.41) is 4.42. The number of amidine groups is 1. The van der Waals surface area contributed by atoms with E-state index in [4.69, 9.17) is 0 Å². The number of aliphatic imine (C=N–C) groups is 1. The summed E-state index contributed by atoms with van der Waals surface area (Å²) >= 11 is 3.17. The Morgan fingerprint density at radius 1 is 1.08 bits per heavy atom. The second-order valence-electron chi connectivity index (χ2n) is 5.62. The molecule has 1 saturated heterocycles. The largest absolute Gasteiger partial charge is 0.338 e. The third-order valence-corrected chi connectivity index (χ3v) is 6.31. The number of hydrogen-bond donors (Lipinski definition) is 1. The van der Waals surface area contributed by atoms with Crippen LogP contribution in [0.1, 0.15) is 22.0 Å². The molecule has 0 unspecified atom stereocenters. The zero-order valence-electron chi connectivity index (χ0n) is 13.2. The Balaban J connectivity index is 1.68. The first-order chi connectivity index (χ1) is 12.2. The minimum absolute atomic E-state index is 0.268. The highest BCUT2D eigenvalue weighted by atomic mass is 32.2. The Hall–Kier alpha value is -2.25. The first kappa shape index (κ1) is 16.2. The van der Waals surface area contributed by atoms with Crippen LogP contribution in [0.3, 0.4) is 0 Å². The maximum Gasteiger partial charge on any atom is 0.273 e. The van der Waals surface area contributed by atoms with Crippen molar-refractivity contribution >= 4 is 40.7 Å². The molecule has 1 fully saturated rings. The quantitative estimate of drug-likeness (QED) is 0.843. The van der Waals surface area contributed by atoms with Gasteiger partial charge in [-0.1, -0.05) is 60.3 Å². The molecule has 0 spiro atoms. The summed E-state index contributed by atoms with van der Waals surface area (Å²) in [4.78, 5) is 29.4. The summed E-state index contributed by atoms with van der Waals surface area (Å²) in [7, 11) is 0. The molecular formula is C18H15N3O2S2. The summed E-state index contributed by atoms with van der Waals surface area (Å²) in [6, 6.07) is 17.7. The van der Waals surface area contributed by atoms with Gasteiger partial charge in [0.1, 0.15) is 6.04 Å². The number of thioether (sulfide) groups is 1. The fourth-order valence-electron chi connectivity index (χ4n) is 2.90. The van der Waals surface area contributed by atoms with Gasteiger partial charge >= 0.3 is 0 Å². The van der Waals surface area contributed by atoms with E-state index in [-0.39, 0.29) is 17.9 Å². The normalized spacial score (nSPS) is 22.3. The molecule has 2 aliphatic rings. The van der Waals surface area contributed by atoms with E-state index in [2.05, 4.69) is 10.3 Å². The Labute approximate surface area is 154 Å². The lowest BCUT2D eigenvalue weighted by Crippen LogP contribution is -2.52. The van der Waals surface area contributed by atoms with Crippen LogP contribution in [0, 0.1) is 0 Å². The van der Waals surface area contributed by atoms with Gasteiger partial charge in [-0.3, -0.25) is 13.9 Å². The van der Waals surface area contributed by atoms with Crippen molar-refractivity contribution in [2.75, 3.05) is 5.08 Å². The number of fused-ring (bicyclic) bond motifs is 1. The van der Waals surface area contributed by atoms with Gasteiger partial charge in [-0.2, -0.15) is 4.99 Å². The molecule has 0 aliphatic carbocycles. The van der Waals surface area contributed by atoms with Gasteiger partial charge in [0.05, 0.1) is 11.1 Å². The van der Waals surface area contributed by atoms with Gasteiger partial charge in [0.2, 0.25) is 0 Å². The minimum Gasteiger partial charge on any atom is -0.338 e. The number of amides is 2. The van der Waals surface area contributed by atoms with Crippen LogP contribution in [-0.4, -0.2) is 32.4 Å². The molecule has 25 heavy (non-hydrogen) atoms. The van der Waals surface area contributed by atoms with E-state index in [1.54, 1.807) is 48.0 Å². The zero-order chi connectivity index (χ0) is 17.2. The molecule has 2 aromatic rings.